The van der Waals surface area contributed by atoms with E-state index in [1.54, 1.807) is 7.11 Å². The minimum Gasteiger partial charge on any atom is -0.380 e. The Morgan fingerprint density at radius 3 is 2.31 bits per heavy atom. The number of rotatable bonds is 6. The van der Waals surface area contributed by atoms with E-state index >= 15 is 0 Å². The Labute approximate surface area is 155 Å². The van der Waals surface area contributed by atoms with E-state index in [0.29, 0.717) is 26.0 Å². The normalized spacial score (nSPS) is 17.4. The highest BCUT2D eigenvalue weighted by atomic mass is 16.5. The van der Waals surface area contributed by atoms with Crippen LogP contribution in [-0.2, 0) is 20.9 Å². The second-order valence-electron chi connectivity index (χ2n) is 6.52. The van der Waals surface area contributed by atoms with E-state index in [9.17, 15) is 9.59 Å². The van der Waals surface area contributed by atoms with Crippen molar-refractivity contribution >= 4 is 12.2 Å². The van der Waals surface area contributed by atoms with Crippen LogP contribution in [0, 0.1) is 5.92 Å². The van der Waals surface area contributed by atoms with Crippen LogP contribution in [0.5, 0.6) is 0 Å². The van der Waals surface area contributed by atoms with Gasteiger partial charge in [-0.1, -0.05) is 60.7 Å². The maximum atomic E-state index is 11.9. The Kier molecular flexibility index (Phi) is 8.03. The predicted molar refractivity (Wildman–Crippen MR) is 103 cm³/mol. The first-order chi connectivity index (χ1) is 12.7. The van der Waals surface area contributed by atoms with Gasteiger partial charge in [0.05, 0.1) is 12.6 Å². The molecule has 0 aliphatic carbocycles. The number of methoxy groups -OCH3 is 1. The highest BCUT2D eigenvalue weighted by Crippen LogP contribution is 2.29. The smallest absolute Gasteiger partial charge is 0.223 e. The van der Waals surface area contributed by atoms with Crippen molar-refractivity contribution < 1.29 is 14.3 Å². The molecule has 4 nitrogen and oxygen atoms in total. The van der Waals surface area contributed by atoms with E-state index in [-0.39, 0.29) is 17.9 Å². The van der Waals surface area contributed by atoms with E-state index < -0.39 is 0 Å². The van der Waals surface area contributed by atoms with Crippen LogP contribution in [0.2, 0.25) is 0 Å². The van der Waals surface area contributed by atoms with Crippen LogP contribution in [-0.4, -0.2) is 30.7 Å². The fraction of sp³-hybridized carbons (Fsp3) is 0.364. The third-order valence-corrected chi connectivity index (χ3v) is 4.57. The van der Waals surface area contributed by atoms with Crippen molar-refractivity contribution in [3.8, 4) is 0 Å². The second kappa shape index (κ2) is 10.5. The number of amides is 1. The van der Waals surface area contributed by atoms with Crippen LogP contribution in [0.3, 0.4) is 0 Å². The summed E-state index contributed by atoms with van der Waals surface area (Å²) in [6.45, 7) is 3.45. The molecule has 2 aromatic rings. The lowest BCUT2D eigenvalue weighted by Crippen LogP contribution is -2.28. The summed E-state index contributed by atoms with van der Waals surface area (Å²) in [7, 11) is 1.70. The van der Waals surface area contributed by atoms with E-state index in [0.717, 1.165) is 11.8 Å². The molecule has 0 bridgehead atoms. The highest BCUT2D eigenvalue weighted by molar-refractivity contribution is 5.79. The fourth-order valence-electron chi connectivity index (χ4n) is 3.13. The summed E-state index contributed by atoms with van der Waals surface area (Å²) in [6, 6.07) is 20.2. The maximum Gasteiger partial charge on any atom is 0.223 e. The zero-order valence-corrected chi connectivity index (χ0v) is 15.5. The molecule has 0 radical (unpaired) electrons. The number of benzene rings is 2. The Hall–Kier alpha value is -2.46. The zero-order chi connectivity index (χ0) is 18.8. The van der Waals surface area contributed by atoms with Crippen molar-refractivity contribution in [2.45, 2.75) is 32.4 Å². The largest absolute Gasteiger partial charge is 0.380 e. The molecule has 0 saturated carbocycles. The molecular weight excluding hydrogens is 326 g/mol. The first-order valence-corrected chi connectivity index (χ1v) is 8.96. The first-order valence-electron chi connectivity index (χ1n) is 8.96. The lowest BCUT2D eigenvalue weighted by atomic mass is 10.1. The first kappa shape index (κ1) is 19.9. The molecule has 138 valence electrons. The molecule has 2 atom stereocenters. The monoisotopic (exact) mass is 353 g/mol. The quantitative estimate of drug-likeness (QED) is 0.737. The lowest BCUT2D eigenvalue weighted by Gasteiger charge is -2.25. The average Bonchev–Trinajstić information content (AvgIpc) is 3.04. The summed E-state index contributed by atoms with van der Waals surface area (Å²) in [5, 5.41) is 0. The van der Waals surface area contributed by atoms with E-state index in [1.165, 1.54) is 5.56 Å². The van der Waals surface area contributed by atoms with Gasteiger partial charge in [0.15, 0.2) is 0 Å². The number of ether oxygens (including phenoxy) is 1. The van der Waals surface area contributed by atoms with Gasteiger partial charge < -0.3 is 14.4 Å². The van der Waals surface area contributed by atoms with Crippen LogP contribution in [0.15, 0.2) is 60.7 Å². The van der Waals surface area contributed by atoms with Gasteiger partial charge in [0.2, 0.25) is 5.91 Å². The molecular formula is C22H27NO3. The van der Waals surface area contributed by atoms with Gasteiger partial charge in [-0.05, 0) is 24.0 Å². The number of nitrogens with zero attached hydrogens (tertiary/aromatic N) is 1. The minimum atomic E-state index is 0.0975. The topological polar surface area (TPSA) is 46.6 Å². The predicted octanol–water partition coefficient (Wildman–Crippen LogP) is 4.02. The standard InChI is InChI=1S/C14H17NO2.C8H10O/c1-11(13-5-3-2-4-6-13)15-10-12(7-8-16)9-14(15)17;1-9-7-8-5-3-2-4-6-8/h2-6,8,11-12H,7,9-10H2,1H3;2-6H,7H2,1H3. The van der Waals surface area contributed by atoms with Crippen LogP contribution < -0.4 is 0 Å². The van der Waals surface area contributed by atoms with Crippen molar-refractivity contribution in [1.29, 1.82) is 0 Å². The number of likely N-dealkylation sites (tertiary alicyclic amines) is 1. The fourth-order valence-corrected chi connectivity index (χ4v) is 3.13. The summed E-state index contributed by atoms with van der Waals surface area (Å²) in [4.78, 5) is 24.2. The van der Waals surface area contributed by atoms with Crippen molar-refractivity contribution in [3.05, 3.63) is 71.8 Å². The summed E-state index contributed by atoms with van der Waals surface area (Å²) in [6.07, 6.45) is 1.91. The molecule has 0 aromatic heterocycles. The SMILES string of the molecule is CC(c1ccccc1)N1CC(CC=O)CC1=O.COCc1ccccc1. The van der Waals surface area contributed by atoms with Crippen LogP contribution >= 0.6 is 0 Å². The minimum absolute atomic E-state index is 0.0975. The maximum absolute atomic E-state index is 11.9. The van der Waals surface area contributed by atoms with Gasteiger partial charge >= 0.3 is 0 Å². The van der Waals surface area contributed by atoms with Gasteiger partial charge in [0.1, 0.15) is 6.29 Å². The number of carbonyl (C=O) groups is 2. The molecule has 1 fully saturated rings. The number of aldehydes is 1. The van der Waals surface area contributed by atoms with Gasteiger partial charge in [-0.3, -0.25) is 4.79 Å². The highest BCUT2D eigenvalue weighted by Gasteiger charge is 2.32. The molecule has 1 heterocycles. The molecule has 1 aliphatic rings. The third-order valence-electron chi connectivity index (χ3n) is 4.57. The van der Waals surface area contributed by atoms with Crippen molar-refractivity contribution in [2.75, 3.05) is 13.7 Å². The lowest BCUT2D eigenvalue weighted by molar-refractivity contribution is -0.129. The summed E-state index contributed by atoms with van der Waals surface area (Å²) < 4.78 is 4.93. The molecule has 26 heavy (non-hydrogen) atoms. The Morgan fingerprint density at radius 2 is 1.73 bits per heavy atom. The van der Waals surface area contributed by atoms with Gasteiger partial charge in [-0.25, -0.2) is 0 Å². The molecule has 2 unspecified atom stereocenters. The van der Waals surface area contributed by atoms with Gasteiger partial charge in [-0.15, -0.1) is 0 Å². The second-order valence-corrected chi connectivity index (χ2v) is 6.52. The summed E-state index contributed by atoms with van der Waals surface area (Å²) >= 11 is 0. The molecule has 1 saturated heterocycles. The zero-order valence-electron chi connectivity index (χ0n) is 15.5. The molecule has 3 rings (SSSR count). The molecule has 1 aliphatic heterocycles. The van der Waals surface area contributed by atoms with Gasteiger partial charge in [0, 0.05) is 26.5 Å². The van der Waals surface area contributed by atoms with Gasteiger partial charge in [-0.2, -0.15) is 0 Å². The number of hydrogen-bond acceptors (Lipinski definition) is 3. The van der Waals surface area contributed by atoms with Crippen LogP contribution in [0.1, 0.15) is 36.9 Å². The van der Waals surface area contributed by atoms with Crippen molar-refractivity contribution in [3.63, 3.8) is 0 Å². The third kappa shape index (κ3) is 5.81. The van der Waals surface area contributed by atoms with Crippen LogP contribution in [0.25, 0.3) is 0 Å². The molecule has 2 aromatic carbocycles. The summed E-state index contributed by atoms with van der Waals surface area (Å²) in [5.74, 6) is 0.361. The van der Waals surface area contributed by atoms with E-state index in [1.807, 2.05) is 72.5 Å². The van der Waals surface area contributed by atoms with Crippen molar-refractivity contribution in [2.24, 2.45) is 5.92 Å². The van der Waals surface area contributed by atoms with E-state index in [2.05, 4.69) is 0 Å². The Morgan fingerprint density at radius 1 is 1.12 bits per heavy atom. The molecule has 0 spiro atoms. The Bertz CT molecular complexity index is 672. The van der Waals surface area contributed by atoms with Crippen molar-refractivity contribution in [1.82, 2.24) is 4.90 Å². The summed E-state index contributed by atoms with van der Waals surface area (Å²) in [5.41, 5.74) is 2.37. The number of carbonyl (C=O) groups excluding carboxylic acids is 2. The Balaban J connectivity index is 0.000000228. The molecule has 0 N–H and O–H groups in total. The number of hydrogen-bond donors (Lipinski definition) is 0. The molecule has 1 amide bonds. The van der Waals surface area contributed by atoms with Gasteiger partial charge in [0.25, 0.3) is 0 Å². The molecule has 4 heteroatoms. The van der Waals surface area contributed by atoms with E-state index in [4.69, 9.17) is 4.74 Å². The van der Waals surface area contributed by atoms with Crippen LogP contribution in [0.4, 0.5) is 0 Å². The average molecular weight is 353 g/mol.